The van der Waals surface area contributed by atoms with Gasteiger partial charge in [-0.2, -0.15) is 0 Å². The molecule has 0 unspecified atom stereocenters. The molecule has 0 aromatic heterocycles. The highest BCUT2D eigenvalue weighted by molar-refractivity contribution is 8.05. The van der Waals surface area contributed by atoms with Gasteiger partial charge in [0.2, 0.25) is 0 Å². The number of carbonyl (C=O) groups is 1. The van der Waals surface area contributed by atoms with Crippen LogP contribution in [0.4, 0.5) is 5.69 Å². The Morgan fingerprint density at radius 2 is 2.03 bits per heavy atom. The second-order valence-electron chi connectivity index (χ2n) is 6.43. The second kappa shape index (κ2) is 10.3. The molecule has 1 saturated heterocycles. The lowest BCUT2D eigenvalue weighted by atomic mass is 10.1. The molecule has 3 rings (SSSR count). The topological polar surface area (TPSA) is 59.6 Å². The van der Waals surface area contributed by atoms with E-state index in [1.54, 1.807) is 18.2 Å². The molecular weight excluding hydrogens is 420 g/mol. The van der Waals surface area contributed by atoms with Crippen LogP contribution in [-0.4, -0.2) is 24.6 Å². The number of aryl methyl sites for hydroxylation is 1. The van der Waals surface area contributed by atoms with Gasteiger partial charge in [-0.3, -0.25) is 4.79 Å². The average molecular weight is 443 g/mol. The third-order valence-corrected chi connectivity index (χ3v) is 5.63. The van der Waals surface area contributed by atoms with Crippen molar-refractivity contribution in [3.8, 4) is 23.8 Å². The van der Waals surface area contributed by atoms with Crippen LogP contribution in [0, 0.1) is 12.3 Å². The zero-order valence-electron chi connectivity index (χ0n) is 16.8. The van der Waals surface area contributed by atoms with E-state index in [4.69, 9.17) is 27.5 Å². The zero-order chi connectivity index (χ0) is 21.5. The van der Waals surface area contributed by atoms with Crippen LogP contribution in [0.2, 0.25) is 5.02 Å². The van der Waals surface area contributed by atoms with Gasteiger partial charge in [-0.05, 0) is 54.8 Å². The molecule has 2 aromatic rings. The van der Waals surface area contributed by atoms with Crippen molar-refractivity contribution in [1.82, 2.24) is 5.32 Å². The number of terminal acetylenes is 1. The maximum atomic E-state index is 12.4. The van der Waals surface area contributed by atoms with E-state index in [-0.39, 0.29) is 18.0 Å². The van der Waals surface area contributed by atoms with E-state index in [9.17, 15) is 4.79 Å². The first-order chi connectivity index (χ1) is 14.5. The number of ether oxygens (including phenoxy) is 2. The van der Waals surface area contributed by atoms with Gasteiger partial charge in [-0.1, -0.05) is 48.3 Å². The summed E-state index contributed by atoms with van der Waals surface area (Å²) in [5, 5.41) is 6.62. The van der Waals surface area contributed by atoms with Gasteiger partial charge in [0.15, 0.2) is 17.0 Å². The number of carbonyl (C=O) groups excluding carboxylic acids is 1. The minimum Gasteiger partial charge on any atom is -0.490 e. The molecule has 5 nitrogen and oxygen atoms in total. The molecule has 2 N–H and O–H groups in total. The molecular formula is C23H23ClN2O3S. The summed E-state index contributed by atoms with van der Waals surface area (Å²) in [6.45, 7) is 4.52. The van der Waals surface area contributed by atoms with Crippen molar-refractivity contribution in [2.24, 2.45) is 0 Å². The fourth-order valence-electron chi connectivity index (χ4n) is 2.89. The van der Waals surface area contributed by atoms with Crippen molar-refractivity contribution in [3.05, 3.63) is 57.5 Å². The van der Waals surface area contributed by atoms with Crippen LogP contribution in [-0.2, 0) is 11.2 Å². The Kier molecular flexibility index (Phi) is 7.56. The van der Waals surface area contributed by atoms with Crippen molar-refractivity contribution < 1.29 is 14.3 Å². The fraction of sp³-hybridized carbons (Fsp3) is 0.261. The number of thioether (sulfide) groups is 1. The molecule has 1 aliphatic rings. The summed E-state index contributed by atoms with van der Waals surface area (Å²) in [5.74, 6) is 3.15. The van der Waals surface area contributed by atoms with Crippen molar-refractivity contribution in [2.45, 2.75) is 25.8 Å². The molecule has 1 amide bonds. The molecule has 1 aliphatic heterocycles. The van der Waals surface area contributed by atoms with E-state index in [0.717, 1.165) is 17.7 Å². The van der Waals surface area contributed by atoms with Crippen LogP contribution in [0.25, 0.3) is 6.08 Å². The number of halogens is 1. The van der Waals surface area contributed by atoms with Crippen molar-refractivity contribution in [1.29, 1.82) is 0 Å². The maximum Gasteiger partial charge on any atom is 0.260 e. The van der Waals surface area contributed by atoms with Crippen molar-refractivity contribution in [2.75, 3.05) is 18.5 Å². The molecule has 1 fully saturated rings. The predicted octanol–water partition coefficient (Wildman–Crippen LogP) is 4.91. The number of hydrogen-bond donors (Lipinski definition) is 2. The van der Waals surface area contributed by atoms with Gasteiger partial charge >= 0.3 is 0 Å². The number of benzene rings is 2. The summed E-state index contributed by atoms with van der Waals surface area (Å²) in [6.07, 6.45) is 8.03. The zero-order valence-corrected chi connectivity index (χ0v) is 18.4. The minimum absolute atomic E-state index is 0.0884. The van der Waals surface area contributed by atoms with Crippen LogP contribution in [0.1, 0.15) is 25.0 Å². The summed E-state index contributed by atoms with van der Waals surface area (Å²) in [4.78, 5) is 13.0. The van der Waals surface area contributed by atoms with Gasteiger partial charge in [-0.25, -0.2) is 0 Å². The molecule has 2 aromatic carbocycles. The summed E-state index contributed by atoms with van der Waals surface area (Å²) in [7, 11) is 0. The predicted molar refractivity (Wildman–Crippen MR) is 124 cm³/mol. The first-order valence-corrected chi connectivity index (χ1v) is 10.9. The highest BCUT2D eigenvalue weighted by Gasteiger charge is 2.27. The number of anilines is 1. The van der Waals surface area contributed by atoms with Crippen molar-refractivity contribution in [3.63, 3.8) is 0 Å². The monoisotopic (exact) mass is 442 g/mol. The van der Waals surface area contributed by atoms with Crippen LogP contribution >= 0.6 is 23.4 Å². The van der Waals surface area contributed by atoms with E-state index in [1.807, 2.05) is 19.1 Å². The maximum absolute atomic E-state index is 12.4. The quantitative estimate of drug-likeness (QED) is 0.449. The molecule has 1 heterocycles. The third-order valence-electron chi connectivity index (χ3n) is 4.32. The second-order valence-corrected chi connectivity index (χ2v) is 7.98. The first-order valence-electron chi connectivity index (χ1n) is 9.61. The van der Waals surface area contributed by atoms with Crippen LogP contribution in [0.3, 0.4) is 0 Å². The molecule has 0 aliphatic carbocycles. The average Bonchev–Trinajstić information content (AvgIpc) is 3.07. The van der Waals surface area contributed by atoms with Gasteiger partial charge in [0.05, 0.1) is 16.5 Å². The Morgan fingerprint density at radius 1 is 1.27 bits per heavy atom. The Labute approximate surface area is 186 Å². The van der Waals surface area contributed by atoms with E-state index < -0.39 is 0 Å². The third kappa shape index (κ3) is 5.44. The standard InChI is InChI=1S/C23H23ClN2O3S/c1-4-11-29-21-18(24)12-16(13-19(21)28-6-3)14-20-22(27)26-23(30-20)25-17-9-7-15(5-2)8-10-17/h1,7-10,12-14,23,25H,5-6,11H2,2-3H3,(H,26,27)/b20-14-/t23-/m0/s1. The lowest BCUT2D eigenvalue weighted by Crippen LogP contribution is -2.30. The van der Waals surface area contributed by atoms with Crippen LogP contribution < -0.4 is 20.1 Å². The molecule has 0 radical (unpaired) electrons. The summed E-state index contributed by atoms with van der Waals surface area (Å²) >= 11 is 7.78. The minimum atomic E-state index is -0.253. The lowest BCUT2D eigenvalue weighted by Gasteiger charge is -2.13. The molecule has 7 heteroatoms. The molecule has 1 atom stereocenters. The van der Waals surface area contributed by atoms with E-state index in [1.165, 1.54) is 17.3 Å². The van der Waals surface area contributed by atoms with Gasteiger partial charge in [-0.15, -0.1) is 6.42 Å². The number of rotatable bonds is 8. The highest BCUT2D eigenvalue weighted by atomic mass is 35.5. The first kappa shape index (κ1) is 21.9. The molecule has 30 heavy (non-hydrogen) atoms. The molecule has 0 spiro atoms. The van der Waals surface area contributed by atoms with E-state index in [2.05, 4.69) is 35.6 Å². The van der Waals surface area contributed by atoms with Gasteiger partial charge in [0, 0.05) is 5.69 Å². The Bertz CT molecular complexity index is 983. The normalized spacial score (nSPS) is 16.8. The van der Waals surface area contributed by atoms with E-state index in [0.29, 0.717) is 28.0 Å². The molecule has 0 saturated carbocycles. The fourth-order valence-corrected chi connectivity index (χ4v) is 4.15. The smallest absolute Gasteiger partial charge is 0.260 e. The summed E-state index contributed by atoms with van der Waals surface area (Å²) in [5.41, 5.74) is 2.70. The SMILES string of the molecule is C#CCOc1c(Cl)cc(/C=C2\S[C@@H](Nc3ccc(CC)cc3)NC2=O)cc1OCC. The van der Waals surface area contributed by atoms with Crippen molar-refractivity contribution >= 4 is 41.0 Å². The van der Waals surface area contributed by atoms with Crippen LogP contribution in [0.15, 0.2) is 41.3 Å². The van der Waals surface area contributed by atoms with E-state index >= 15 is 0 Å². The Morgan fingerprint density at radius 3 is 2.70 bits per heavy atom. The van der Waals surface area contributed by atoms with Crippen LogP contribution in [0.5, 0.6) is 11.5 Å². The number of amides is 1. The summed E-state index contributed by atoms with van der Waals surface area (Å²) in [6, 6.07) is 11.7. The Balaban J connectivity index is 1.77. The van der Waals surface area contributed by atoms with Gasteiger partial charge in [0.25, 0.3) is 5.91 Å². The van der Waals surface area contributed by atoms with Gasteiger partial charge < -0.3 is 20.1 Å². The summed E-state index contributed by atoms with van der Waals surface area (Å²) < 4.78 is 11.1. The number of nitrogens with one attached hydrogen (secondary N) is 2. The van der Waals surface area contributed by atoms with Gasteiger partial charge in [0.1, 0.15) is 6.61 Å². The highest BCUT2D eigenvalue weighted by Crippen LogP contribution is 2.38. The Hall–Kier alpha value is -2.75. The molecule has 0 bridgehead atoms. The lowest BCUT2D eigenvalue weighted by molar-refractivity contribution is -0.116. The largest absolute Gasteiger partial charge is 0.490 e. The number of hydrogen-bond acceptors (Lipinski definition) is 5. The molecule has 156 valence electrons.